The van der Waals surface area contributed by atoms with Crippen LogP contribution in [0.1, 0.15) is 44.6 Å². The van der Waals surface area contributed by atoms with Crippen LogP contribution < -0.4 is 0 Å². The van der Waals surface area contributed by atoms with Crippen molar-refractivity contribution in [3.05, 3.63) is 35.9 Å². The van der Waals surface area contributed by atoms with E-state index in [1.165, 1.54) is 18.4 Å². The minimum atomic E-state index is -0.160. The molecule has 1 atom stereocenters. The van der Waals surface area contributed by atoms with Gasteiger partial charge < -0.3 is 9.80 Å². The highest BCUT2D eigenvalue weighted by atomic mass is 16.2. The zero-order valence-corrected chi connectivity index (χ0v) is 15.5. The summed E-state index contributed by atoms with van der Waals surface area (Å²) >= 11 is 0. The molecule has 1 aromatic rings. The van der Waals surface area contributed by atoms with Crippen molar-refractivity contribution in [1.29, 1.82) is 0 Å². The van der Waals surface area contributed by atoms with E-state index in [9.17, 15) is 9.59 Å². The molecule has 4 nitrogen and oxygen atoms in total. The van der Waals surface area contributed by atoms with Crippen molar-refractivity contribution in [2.75, 3.05) is 20.1 Å². The zero-order chi connectivity index (χ0) is 17.8. The Kier molecular flexibility index (Phi) is 5.77. The standard InChI is InChI=1S/C21H30N2O2/c1-16-8-10-19(11-9-16)22(2)21(25)18-14-20(24)23(15-18)13-12-17-6-4-3-5-7-17/h3-7,16,18-19H,8-15H2,1-2H3/t16?,18-,19?/m1/s1. The molecule has 1 aliphatic carbocycles. The summed E-state index contributed by atoms with van der Waals surface area (Å²) < 4.78 is 0. The summed E-state index contributed by atoms with van der Waals surface area (Å²) in [5, 5.41) is 0. The molecule has 4 heteroatoms. The van der Waals surface area contributed by atoms with Gasteiger partial charge in [0.2, 0.25) is 11.8 Å². The van der Waals surface area contributed by atoms with Gasteiger partial charge in [0.15, 0.2) is 0 Å². The molecule has 2 aliphatic rings. The van der Waals surface area contributed by atoms with Gasteiger partial charge in [0.1, 0.15) is 0 Å². The lowest BCUT2D eigenvalue weighted by molar-refractivity contribution is -0.137. The fourth-order valence-electron chi connectivity index (χ4n) is 4.16. The number of hydrogen-bond acceptors (Lipinski definition) is 2. The van der Waals surface area contributed by atoms with Gasteiger partial charge in [0.05, 0.1) is 5.92 Å². The average molecular weight is 342 g/mol. The summed E-state index contributed by atoms with van der Waals surface area (Å²) in [7, 11) is 1.93. The Hall–Kier alpha value is -1.84. The summed E-state index contributed by atoms with van der Waals surface area (Å²) in [6.07, 6.45) is 5.83. The third kappa shape index (κ3) is 4.42. The Morgan fingerprint density at radius 2 is 1.84 bits per heavy atom. The van der Waals surface area contributed by atoms with E-state index < -0.39 is 0 Å². The second kappa shape index (κ2) is 8.03. The molecule has 0 spiro atoms. The van der Waals surface area contributed by atoms with E-state index in [-0.39, 0.29) is 17.7 Å². The van der Waals surface area contributed by atoms with Gasteiger partial charge >= 0.3 is 0 Å². The lowest BCUT2D eigenvalue weighted by Crippen LogP contribution is -2.43. The van der Waals surface area contributed by atoms with Crippen molar-refractivity contribution in [1.82, 2.24) is 9.80 Å². The first-order chi connectivity index (χ1) is 12.0. The fraction of sp³-hybridized carbons (Fsp3) is 0.619. The fourth-order valence-corrected chi connectivity index (χ4v) is 4.16. The first-order valence-electron chi connectivity index (χ1n) is 9.63. The molecule has 2 fully saturated rings. The summed E-state index contributed by atoms with van der Waals surface area (Å²) in [5.74, 6) is 0.906. The molecular weight excluding hydrogens is 312 g/mol. The van der Waals surface area contributed by atoms with E-state index in [2.05, 4.69) is 19.1 Å². The number of carbonyl (C=O) groups is 2. The van der Waals surface area contributed by atoms with Crippen molar-refractivity contribution in [3.8, 4) is 0 Å². The van der Waals surface area contributed by atoms with Crippen LogP contribution in [0.4, 0.5) is 0 Å². The molecule has 1 saturated carbocycles. The first-order valence-corrected chi connectivity index (χ1v) is 9.63. The van der Waals surface area contributed by atoms with Crippen LogP contribution >= 0.6 is 0 Å². The third-order valence-corrected chi connectivity index (χ3v) is 5.96. The maximum atomic E-state index is 12.8. The SMILES string of the molecule is CC1CCC(N(C)C(=O)[C@@H]2CC(=O)N(CCc3ccccc3)C2)CC1. The predicted molar refractivity (Wildman–Crippen MR) is 99.0 cm³/mol. The highest BCUT2D eigenvalue weighted by Gasteiger charge is 2.37. The lowest BCUT2D eigenvalue weighted by Gasteiger charge is -2.34. The molecule has 3 rings (SSSR count). The van der Waals surface area contributed by atoms with Gasteiger partial charge in [-0.15, -0.1) is 0 Å². The van der Waals surface area contributed by atoms with Crippen molar-refractivity contribution in [2.45, 2.75) is 51.5 Å². The van der Waals surface area contributed by atoms with E-state index in [1.807, 2.05) is 35.0 Å². The Balaban J connectivity index is 1.51. The van der Waals surface area contributed by atoms with E-state index in [0.717, 1.165) is 25.2 Å². The maximum Gasteiger partial charge on any atom is 0.227 e. The first kappa shape index (κ1) is 18.0. The normalized spacial score (nSPS) is 26.7. The lowest BCUT2D eigenvalue weighted by atomic mass is 9.86. The van der Waals surface area contributed by atoms with Gasteiger partial charge in [-0.25, -0.2) is 0 Å². The number of nitrogens with zero attached hydrogens (tertiary/aromatic N) is 2. The number of benzene rings is 1. The van der Waals surface area contributed by atoms with Crippen LogP contribution in [0.2, 0.25) is 0 Å². The second-order valence-corrected chi connectivity index (χ2v) is 7.84. The monoisotopic (exact) mass is 342 g/mol. The number of rotatable bonds is 5. The molecule has 0 radical (unpaired) electrons. The Labute approximate surface area is 151 Å². The van der Waals surface area contributed by atoms with E-state index >= 15 is 0 Å². The smallest absolute Gasteiger partial charge is 0.227 e. The second-order valence-electron chi connectivity index (χ2n) is 7.84. The maximum absolute atomic E-state index is 12.8. The summed E-state index contributed by atoms with van der Waals surface area (Å²) in [5.41, 5.74) is 1.23. The van der Waals surface area contributed by atoms with Gasteiger partial charge in [-0.05, 0) is 43.6 Å². The molecule has 1 heterocycles. The van der Waals surface area contributed by atoms with Crippen LogP contribution in [0.5, 0.6) is 0 Å². The third-order valence-electron chi connectivity index (χ3n) is 5.96. The van der Waals surface area contributed by atoms with Crippen LogP contribution in [0.25, 0.3) is 0 Å². The molecule has 1 saturated heterocycles. The topological polar surface area (TPSA) is 40.6 Å². The predicted octanol–water partition coefficient (Wildman–Crippen LogP) is 3.11. The Morgan fingerprint density at radius 1 is 1.16 bits per heavy atom. The quantitative estimate of drug-likeness (QED) is 0.825. The highest BCUT2D eigenvalue weighted by molar-refractivity contribution is 5.89. The zero-order valence-electron chi connectivity index (χ0n) is 15.5. The molecular formula is C21H30N2O2. The number of amides is 2. The van der Waals surface area contributed by atoms with Crippen LogP contribution in [0.15, 0.2) is 30.3 Å². The van der Waals surface area contributed by atoms with Gasteiger partial charge in [0, 0.05) is 32.6 Å². The van der Waals surface area contributed by atoms with E-state index in [1.54, 1.807) is 0 Å². The molecule has 0 aromatic heterocycles. The van der Waals surface area contributed by atoms with Crippen molar-refractivity contribution in [3.63, 3.8) is 0 Å². The van der Waals surface area contributed by atoms with Crippen LogP contribution in [0.3, 0.4) is 0 Å². The van der Waals surface area contributed by atoms with Crippen molar-refractivity contribution in [2.24, 2.45) is 11.8 Å². The summed E-state index contributed by atoms with van der Waals surface area (Å²) in [6, 6.07) is 10.6. The molecule has 1 aliphatic heterocycles. The van der Waals surface area contributed by atoms with E-state index in [0.29, 0.717) is 25.6 Å². The van der Waals surface area contributed by atoms with Gasteiger partial charge in [-0.2, -0.15) is 0 Å². The van der Waals surface area contributed by atoms with E-state index in [4.69, 9.17) is 0 Å². The molecule has 0 N–H and O–H groups in total. The van der Waals surface area contributed by atoms with Gasteiger partial charge in [0.25, 0.3) is 0 Å². The van der Waals surface area contributed by atoms with Crippen molar-refractivity contribution < 1.29 is 9.59 Å². The van der Waals surface area contributed by atoms with Crippen LogP contribution in [-0.2, 0) is 16.0 Å². The molecule has 0 unspecified atom stereocenters. The minimum absolute atomic E-state index is 0.125. The molecule has 25 heavy (non-hydrogen) atoms. The highest BCUT2D eigenvalue weighted by Crippen LogP contribution is 2.28. The Morgan fingerprint density at radius 3 is 2.52 bits per heavy atom. The molecule has 2 amide bonds. The van der Waals surface area contributed by atoms with Crippen LogP contribution in [0, 0.1) is 11.8 Å². The number of carbonyl (C=O) groups excluding carboxylic acids is 2. The average Bonchev–Trinajstić information content (AvgIpc) is 3.01. The molecule has 0 bridgehead atoms. The Bertz CT molecular complexity index is 593. The summed E-state index contributed by atoms with van der Waals surface area (Å²) in [6.45, 7) is 3.58. The van der Waals surface area contributed by atoms with Gasteiger partial charge in [-0.3, -0.25) is 9.59 Å². The largest absolute Gasteiger partial charge is 0.342 e. The summed E-state index contributed by atoms with van der Waals surface area (Å²) in [4.78, 5) is 28.9. The molecule has 1 aromatic carbocycles. The number of likely N-dealkylation sites (tertiary alicyclic amines) is 1. The van der Waals surface area contributed by atoms with Crippen molar-refractivity contribution >= 4 is 11.8 Å². The van der Waals surface area contributed by atoms with Crippen LogP contribution in [-0.4, -0.2) is 47.8 Å². The molecule has 136 valence electrons. The van der Waals surface area contributed by atoms with Gasteiger partial charge in [-0.1, -0.05) is 37.3 Å². The number of hydrogen-bond donors (Lipinski definition) is 0. The minimum Gasteiger partial charge on any atom is -0.342 e.